The Balaban J connectivity index is 1.25. The van der Waals surface area contributed by atoms with Crippen molar-refractivity contribution in [2.75, 3.05) is 0 Å². The average molecular weight is 614 g/mol. The van der Waals surface area contributed by atoms with Gasteiger partial charge in [0.1, 0.15) is 11.2 Å². The molecule has 0 saturated carbocycles. The van der Waals surface area contributed by atoms with Crippen LogP contribution in [0.2, 0.25) is 0 Å². The van der Waals surface area contributed by atoms with Gasteiger partial charge in [0.15, 0.2) is 0 Å². The van der Waals surface area contributed by atoms with Gasteiger partial charge in [0.2, 0.25) is 5.95 Å². The van der Waals surface area contributed by atoms with Crippen LogP contribution in [0.15, 0.2) is 168 Å². The topological polar surface area (TPSA) is 43.9 Å². The highest BCUT2D eigenvalue weighted by molar-refractivity contribution is 6.24. The van der Waals surface area contributed by atoms with Crippen molar-refractivity contribution in [1.29, 1.82) is 0 Å². The van der Waals surface area contributed by atoms with Gasteiger partial charge in [-0.15, -0.1) is 0 Å². The number of para-hydroxylation sites is 3. The number of furan rings is 1. The summed E-state index contributed by atoms with van der Waals surface area (Å²) in [5.41, 5.74) is 11.2. The Morgan fingerprint density at radius 3 is 1.92 bits per heavy atom. The lowest BCUT2D eigenvalue weighted by atomic mass is 10.00. The third-order valence-corrected chi connectivity index (χ3v) is 9.42. The SMILES string of the molecule is c1ccc(-c2cccc(-c3nc(-n4c5ccccc5c5c6oc7c(-c8ccccc8)cccc7c6ccc54)nc4ccccc34)c2)cc1. The fourth-order valence-electron chi connectivity index (χ4n) is 7.23. The van der Waals surface area contributed by atoms with E-state index in [0.29, 0.717) is 5.95 Å². The van der Waals surface area contributed by atoms with E-state index in [2.05, 4.69) is 150 Å². The minimum absolute atomic E-state index is 0.625. The van der Waals surface area contributed by atoms with Crippen LogP contribution < -0.4 is 0 Å². The van der Waals surface area contributed by atoms with Crippen molar-refractivity contribution < 1.29 is 4.42 Å². The minimum atomic E-state index is 0.625. The maximum atomic E-state index is 6.87. The van der Waals surface area contributed by atoms with Crippen molar-refractivity contribution in [3.05, 3.63) is 164 Å². The second-order valence-electron chi connectivity index (χ2n) is 12.2. The molecule has 0 radical (unpaired) electrons. The molecule has 0 aliphatic heterocycles. The zero-order valence-electron chi connectivity index (χ0n) is 25.8. The molecule has 7 aromatic carbocycles. The standard InChI is InChI=1S/C44H27N3O/c1-3-13-28(14-4-1)30-17-11-18-31(27-30)41-35-19-7-9-23-37(35)45-44(46-41)47-38-24-10-8-20-36(38)40-39(47)26-25-34-33-22-12-21-32(42(33)48-43(34)40)29-15-5-2-6-16-29/h1-27H. The van der Waals surface area contributed by atoms with E-state index in [9.17, 15) is 0 Å². The van der Waals surface area contributed by atoms with Gasteiger partial charge in [0.25, 0.3) is 0 Å². The molecule has 0 atom stereocenters. The summed E-state index contributed by atoms with van der Waals surface area (Å²) in [4.78, 5) is 10.5. The van der Waals surface area contributed by atoms with E-state index in [-0.39, 0.29) is 0 Å². The average Bonchev–Trinajstić information content (AvgIpc) is 3.71. The number of fused-ring (bicyclic) bond motifs is 8. The van der Waals surface area contributed by atoms with Gasteiger partial charge in [-0.2, -0.15) is 0 Å². The predicted molar refractivity (Wildman–Crippen MR) is 197 cm³/mol. The van der Waals surface area contributed by atoms with Crippen molar-refractivity contribution in [3.8, 4) is 39.5 Å². The van der Waals surface area contributed by atoms with E-state index >= 15 is 0 Å². The van der Waals surface area contributed by atoms with Gasteiger partial charge in [0, 0.05) is 32.7 Å². The molecule has 0 aliphatic carbocycles. The van der Waals surface area contributed by atoms with Gasteiger partial charge >= 0.3 is 0 Å². The number of nitrogens with zero attached hydrogens (tertiary/aromatic N) is 3. The quantitative estimate of drug-likeness (QED) is 0.198. The first-order valence-electron chi connectivity index (χ1n) is 16.2. The lowest BCUT2D eigenvalue weighted by Gasteiger charge is -2.12. The molecular weight excluding hydrogens is 587 g/mol. The summed E-state index contributed by atoms with van der Waals surface area (Å²) in [6.45, 7) is 0. The van der Waals surface area contributed by atoms with Crippen LogP contribution in [0.25, 0.3) is 94.1 Å². The van der Waals surface area contributed by atoms with E-state index in [0.717, 1.165) is 82.6 Å². The van der Waals surface area contributed by atoms with Gasteiger partial charge in [-0.05, 0) is 47.0 Å². The maximum Gasteiger partial charge on any atom is 0.235 e. The Kier molecular flexibility index (Phi) is 5.84. The van der Waals surface area contributed by atoms with E-state index in [1.54, 1.807) is 0 Å². The molecule has 3 heterocycles. The van der Waals surface area contributed by atoms with Gasteiger partial charge in [-0.1, -0.05) is 133 Å². The van der Waals surface area contributed by atoms with Crippen LogP contribution >= 0.6 is 0 Å². The summed E-state index contributed by atoms with van der Waals surface area (Å²) in [6.07, 6.45) is 0. The van der Waals surface area contributed by atoms with Crippen LogP contribution in [0.3, 0.4) is 0 Å². The first kappa shape index (κ1) is 26.7. The molecule has 10 rings (SSSR count). The molecule has 0 spiro atoms. The number of benzene rings is 7. The molecule has 3 aromatic heterocycles. The zero-order chi connectivity index (χ0) is 31.6. The summed E-state index contributed by atoms with van der Waals surface area (Å²) >= 11 is 0. The van der Waals surface area contributed by atoms with Crippen LogP contribution in [0.4, 0.5) is 0 Å². The molecule has 4 nitrogen and oxygen atoms in total. The van der Waals surface area contributed by atoms with Crippen molar-refractivity contribution in [2.24, 2.45) is 0 Å². The summed E-state index contributed by atoms with van der Waals surface area (Å²) in [7, 11) is 0. The molecule has 0 bridgehead atoms. The lowest BCUT2D eigenvalue weighted by molar-refractivity contribution is 0.674. The summed E-state index contributed by atoms with van der Waals surface area (Å²) in [5.74, 6) is 0.625. The van der Waals surface area contributed by atoms with Gasteiger partial charge in [0.05, 0.1) is 27.6 Å². The Labute approximate surface area is 276 Å². The molecular formula is C44H27N3O. The Morgan fingerprint density at radius 2 is 1.06 bits per heavy atom. The number of hydrogen-bond donors (Lipinski definition) is 0. The summed E-state index contributed by atoms with van der Waals surface area (Å²) in [5, 5.41) is 5.37. The molecule has 0 N–H and O–H groups in total. The Morgan fingerprint density at radius 1 is 0.417 bits per heavy atom. The molecule has 0 amide bonds. The molecule has 0 saturated heterocycles. The third-order valence-electron chi connectivity index (χ3n) is 9.42. The van der Waals surface area contributed by atoms with Gasteiger partial charge in [-0.3, -0.25) is 4.57 Å². The van der Waals surface area contributed by atoms with Crippen LogP contribution in [-0.4, -0.2) is 14.5 Å². The zero-order valence-corrected chi connectivity index (χ0v) is 25.8. The molecule has 10 aromatic rings. The highest BCUT2D eigenvalue weighted by atomic mass is 16.3. The van der Waals surface area contributed by atoms with Crippen molar-refractivity contribution in [2.45, 2.75) is 0 Å². The van der Waals surface area contributed by atoms with E-state index < -0.39 is 0 Å². The van der Waals surface area contributed by atoms with Crippen molar-refractivity contribution in [1.82, 2.24) is 14.5 Å². The molecule has 0 unspecified atom stereocenters. The molecule has 48 heavy (non-hydrogen) atoms. The smallest absolute Gasteiger partial charge is 0.235 e. The second-order valence-corrected chi connectivity index (χ2v) is 12.2. The summed E-state index contributed by atoms with van der Waals surface area (Å²) < 4.78 is 9.06. The minimum Gasteiger partial charge on any atom is -0.455 e. The fraction of sp³-hybridized carbons (Fsp3) is 0. The molecule has 224 valence electrons. The number of hydrogen-bond acceptors (Lipinski definition) is 3. The maximum absolute atomic E-state index is 6.87. The van der Waals surface area contributed by atoms with Crippen LogP contribution in [-0.2, 0) is 0 Å². The van der Waals surface area contributed by atoms with Crippen LogP contribution in [0.5, 0.6) is 0 Å². The van der Waals surface area contributed by atoms with E-state index in [1.807, 2.05) is 18.2 Å². The molecule has 0 aliphatic rings. The predicted octanol–water partition coefficient (Wildman–Crippen LogP) is 11.6. The number of aromatic nitrogens is 3. The summed E-state index contributed by atoms with van der Waals surface area (Å²) in [6, 6.07) is 57.1. The molecule has 4 heteroatoms. The van der Waals surface area contributed by atoms with Crippen molar-refractivity contribution >= 4 is 54.6 Å². The largest absolute Gasteiger partial charge is 0.455 e. The Bertz CT molecular complexity index is 2830. The van der Waals surface area contributed by atoms with Crippen molar-refractivity contribution in [3.63, 3.8) is 0 Å². The lowest BCUT2D eigenvalue weighted by Crippen LogP contribution is -2.03. The highest BCUT2D eigenvalue weighted by Crippen LogP contribution is 2.43. The monoisotopic (exact) mass is 613 g/mol. The number of rotatable bonds is 4. The van der Waals surface area contributed by atoms with Gasteiger partial charge < -0.3 is 4.42 Å². The fourth-order valence-corrected chi connectivity index (χ4v) is 7.23. The molecule has 0 fully saturated rings. The highest BCUT2D eigenvalue weighted by Gasteiger charge is 2.22. The van der Waals surface area contributed by atoms with E-state index in [4.69, 9.17) is 14.4 Å². The van der Waals surface area contributed by atoms with Crippen LogP contribution in [0, 0.1) is 0 Å². The Hall–Kier alpha value is -6.52. The van der Waals surface area contributed by atoms with Crippen LogP contribution in [0.1, 0.15) is 0 Å². The normalized spacial score (nSPS) is 11.8. The van der Waals surface area contributed by atoms with E-state index in [1.165, 1.54) is 5.56 Å². The first-order valence-corrected chi connectivity index (χ1v) is 16.2. The van der Waals surface area contributed by atoms with Gasteiger partial charge in [-0.25, -0.2) is 9.97 Å². The first-order chi connectivity index (χ1) is 23.8. The third kappa shape index (κ3) is 4.03. The second kappa shape index (κ2) is 10.5.